The van der Waals surface area contributed by atoms with Crippen LogP contribution in [0, 0.1) is 3.57 Å². The van der Waals surface area contributed by atoms with Crippen molar-refractivity contribution in [3.8, 4) is 28.5 Å². The van der Waals surface area contributed by atoms with E-state index < -0.39 is 6.04 Å². The van der Waals surface area contributed by atoms with Crippen molar-refractivity contribution in [2.24, 2.45) is 0 Å². The Morgan fingerprint density at radius 1 is 1.00 bits per heavy atom. The predicted molar refractivity (Wildman–Crippen MR) is 160 cm³/mol. The van der Waals surface area contributed by atoms with E-state index in [4.69, 9.17) is 19.2 Å². The zero-order chi connectivity index (χ0) is 27.5. The van der Waals surface area contributed by atoms with Crippen LogP contribution in [-0.2, 0) is 6.42 Å². The molecule has 39 heavy (non-hydrogen) atoms. The SMILES string of the molecule is COc1cc(-c2cc(C(=O)N[C@@H](CO)Cc3c[nH]c4ccccc34)c3cc(I)ccc3n2)cc(OC)c1OC. The molecule has 0 aliphatic carbocycles. The first kappa shape index (κ1) is 26.8. The molecule has 0 saturated carbocycles. The molecule has 0 saturated heterocycles. The van der Waals surface area contributed by atoms with Crippen LogP contribution in [0.1, 0.15) is 15.9 Å². The van der Waals surface area contributed by atoms with Crippen molar-refractivity contribution in [3.63, 3.8) is 0 Å². The van der Waals surface area contributed by atoms with Gasteiger partial charge in [-0.15, -0.1) is 0 Å². The zero-order valence-electron chi connectivity index (χ0n) is 21.7. The number of fused-ring (bicyclic) bond motifs is 2. The second-order valence-electron chi connectivity index (χ2n) is 9.05. The Labute approximate surface area is 239 Å². The average Bonchev–Trinajstić information content (AvgIpc) is 3.37. The number of nitrogens with zero attached hydrogens (tertiary/aromatic N) is 1. The summed E-state index contributed by atoms with van der Waals surface area (Å²) in [5.41, 5.74) is 4.45. The molecule has 5 rings (SSSR count). The lowest BCUT2D eigenvalue weighted by Gasteiger charge is -2.18. The van der Waals surface area contributed by atoms with Gasteiger partial charge in [0.15, 0.2) is 11.5 Å². The third-order valence-corrected chi connectivity index (χ3v) is 7.34. The number of aliphatic hydroxyl groups excluding tert-OH is 1. The van der Waals surface area contributed by atoms with Crippen LogP contribution in [0.25, 0.3) is 33.1 Å². The number of amides is 1. The number of aromatic amines is 1. The fraction of sp³-hybridized carbons (Fsp3) is 0.200. The molecule has 0 radical (unpaired) electrons. The maximum atomic E-state index is 13.7. The maximum Gasteiger partial charge on any atom is 0.252 e. The first-order valence-electron chi connectivity index (χ1n) is 12.3. The Bertz CT molecular complexity index is 1640. The minimum Gasteiger partial charge on any atom is -0.493 e. The molecule has 0 bridgehead atoms. The van der Waals surface area contributed by atoms with Crippen LogP contribution < -0.4 is 19.5 Å². The van der Waals surface area contributed by atoms with Crippen molar-refractivity contribution in [3.05, 3.63) is 81.6 Å². The molecule has 2 heterocycles. The molecule has 200 valence electrons. The summed E-state index contributed by atoms with van der Waals surface area (Å²) in [6, 6.07) is 18.6. The van der Waals surface area contributed by atoms with Crippen LogP contribution in [0.15, 0.2) is 66.9 Å². The minimum atomic E-state index is -0.479. The second kappa shape index (κ2) is 11.5. The van der Waals surface area contributed by atoms with Crippen LogP contribution in [0.4, 0.5) is 0 Å². The van der Waals surface area contributed by atoms with Crippen molar-refractivity contribution >= 4 is 50.3 Å². The lowest BCUT2D eigenvalue weighted by molar-refractivity contribution is 0.0918. The van der Waals surface area contributed by atoms with Gasteiger partial charge in [0.1, 0.15) is 0 Å². The van der Waals surface area contributed by atoms with E-state index >= 15 is 0 Å². The molecule has 1 atom stereocenters. The number of carbonyl (C=O) groups excluding carboxylic acids is 1. The molecule has 3 aromatic carbocycles. The lowest BCUT2D eigenvalue weighted by atomic mass is 10.0. The Morgan fingerprint density at radius 2 is 1.74 bits per heavy atom. The highest BCUT2D eigenvalue weighted by Crippen LogP contribution is 2.41. The summed E-state index contributed by atoms with van der Waals surface area (Å²) >= 11 is 2.22. The highest BCUT2D eigenvalue weighted by molar-refractivity contribution is 14.1. The van der Waals surface area contributed by atoms with Crippen LogP contribution in [0.2, 0.25) is 0 Å². The van der Waals surface area contributed by atoms with Gasteiger partial charge in [-0.1, -0.05) is 18.2 Å². The van der Waals surface area contributed by atoms with Gasteiger partial charge < -0.3 is 29.6 Å². The number of H-pyrrole nitrogens is 1. The van der Waals surface area contributed by atoms with Crippen molar-refractivity contribution in [2.75, 3.05) is 27.9 Å². The van der Waals surface area contributed by atoms with Crippen molar-refractivity contribution in [2.45, 2.75) is 12.5 Å². The number of methoxy groups -OCH3 is 3. The number of hydrogen-bond acceptors (Lipinski definition) is 6. The Hall–Kier alpha value is -3.83. The molecule has 1 amide bonds. The number of ether oxygens (including phenoxy) is 3. The molecule has 0 spiro atoms. The number of benzene rings is 3. The quantitative estimate of drug-likeness (QED) is 0.189. The van der Waals surface area contributed by atoms with Gasteiger partial charge in [0.25, 0.3) is 5.91 Å². The molecule has 0 aliphatic rings. The first-order valence-corrected chi connectivity index (χ1v) is 13.4. The fourth-order valence-electron chi connectivity index (χ4n) is 4.75. The number of halogens is 1. The summed E-state index contributed by atoms with van der Waals surface area (Å²) < 4.78 is 17.5. The number of hydrogen-bond donors (Lipinski definition) is 3. The second-order valence-corrected chi connectivity index (χ2v) is 10.3. The standard InChI is InChI=1S/C30H28IN3O5/c1-37-27-11-17(12-28(38-2)29(27)39-3)26-14-23(22-13-19(31)8-9-25(22)34-26)30(36)33-20(16-35)10-18-15-32-24-7-5-4-6-21(18)24/h4-9,11-15,20,32,35H,10,16H2,1-3H3,(H,33,36)/t20-/m1/s1. The van der Waals surface area contributed by atoms with E-state index in [9.17, 15) is 9.90 Å². The molecule has 5 aromatic rings. The normalized spacial score (nSPS) is 11.9. The molecule has 8 nitrogen and oxygen atoms in total. The lowest BCUT2D eigenvalue weighted by Crippen LogP contribution is -2.39. The van der Waals surface area contributed by atoms with E-state index in [-0.39, 0.29) is 12.5 Å². The van der Waals surface area contributed by atoms with Gasteiger partial charge in [-0.25, -0.2) is 4.98 Å². The van der Waals surface area contributed by atoms with Gasteiger partial charge in [0.05, 0.1) is 50.8 Å². The third kappa shape index (κ3) is 5.37. The number of aromatic nitrogens is 2. The summed E-state index contributed by atoms with van der Waals surface area (Å²) in [7, 11) is 4.66. The first-order chi connectivity index (χ1) is 18.9. The minimum absolute atomic E-state index is 0.203. The van der Waals surface area contributed by atoms with E-state index in [1.54, 1.807) is 39.5 Å². The van der Waals surface area contributed by atoms with E-state index in [1.807, 2.05) is 48.7 Å². The van der Waals surface area contributed by atoms with E-state index in [0.29, 0.717) is 46.0 Å². The smallest absolute Gasteiger partial charge is 0.252 e. The van der Waals surface area contributed by atoms with Crippen LogP contribution in [0.5, 0.6) is 17.2 Å². The molecule has 0 fully saturated rings. The van der Waals surface area contributed by atoms with Gasteiger partial charge in [-0.2, -0.15) is 0 Å². The Balaban J connectivity index is 1.54. The van der Waals surface area contributed by atoms with Gasteiger partial charge >= 0.3 is 0 Å². The zero-order valence-corrected chi connectivity index (χ0v) is 23.9. The van der Waals surface area contributed by atoms with Crippen LogP contribution >= 0.6 is 22.6 Å². The monoisotopic (exact) mass is 637 g/mol. The van der Waals surface area contributed by atoms with Crippen LogP contribution in [-0.4, -0.2) is 55.0 Å². The summed E-state index contributed by atoms with van der Waals surface area (Å²) in [4.78, 5) is 21.8. The number of aliphatic hydroxyl groups is 1. The number of rotatable bonds is 9. The Morgan fingerprint density at radius 3 is 2.44 bits per heavy atom. The number of nitrogens with one attached hydrogen (secondary N) is 2. The highest BCUT2D eigenvalue weighted by Gasteiger charge is 2.21. The van der Waals surface area contributed by atoms with Gasteiger partial charge in [-0.3, -0.25) is 4.79 Å². The van der Waals surface area contributed by atoms with E-state index in [0.717, 1.165) is 25.4 Å². The topological polar surface area (TPSA) is 106 Å². The van der Waals surface area contributed by atoms with Gasteiger partial charge in [-0.05, 0) is 77.0 Å². The summed E-state index contributed by atoms with van der Waals surface area (Å²) in [6.45, 7) is -0.203. The van der Waals surface area contributed by atoms with Crippen molar-refractivity contribution < 1.29 is 24.1 Å². The molecular formula is C30H28IN3O5. The molecule has 2 aromatic heterocycles. The summed E-state index contributed by atoms with van der Waals surface area (Å²) in [5.74, 6) is 1.15. The largest absolute Gasteiger partial charge is 0.493 e. The van der Waals surface area contributed by atoms with E-state index in [2.05, 4.69) is 32.9 Å². The van der Waals surface area contributed by atoms with Crippen molar-refractivity contribution in [1.29, 1.82) is 0 Å². The van der Waals surface area contributed by atoms with Crippen molar-refractivity contribution in [1.82, 2.24) is 15.3 Å². The summed E-state index contributed by atoms with van der Waals surface area (Å²) in [6.07, 6.45) is 2.40. The van der Waals surface area contributed by atoms with E-state index in [1.165, 1.54) is 0 Å². The molecule has 3 N–H and O–H groups in total. The number of pyridine rings is 1. The average molecular weight is 637 g/mol. The molecule has 0 aliphatic heterocycles. The number of para-hydroxylation sites is 1. The Kier molecular flexibility index (Phi) is 7.89. The third-order valence-electron chi connectivity index (χ3n) is 6.67. The predicted octanol–water partition coefficient (Wildman–Crippen LogP) is 5.35. The fourth-order valence-corrected chi connectivity index (χ4v) is 5.24. The van der Waals surface area contributed by atoms with Gasteiger partial charge in [0.2, 0.25) is 5.75 Å². The molecule has 0 unspecified atom stereocenters. The highest BCUT2D eigenvalue weighted by atomic mass is 127. The van der Waals surface area contributed by atoms with Crippen LogP contribution in [0.3, 0.4) is 0 Å². The molecule has 9 heteroatoms. The summed E-state index contributed by atoms with van der Waals surface area (Å²) in [5, 5.41) is 15.0. The maximum absolute atomic E-state index is 13.7. The molecular weight excluding hydrogens is 609 g/mol. The number of carbonyl (C=O) groups is 1. The van der Waals surface area contributed by atoms with Gasteiger partial charge in [0, 0.05) is 31.6 Å².